The van der Waals surface area contributed by atoms with Crippen molar-refractivity contribution in [1.29, 1.82) is 0 Å². The van der Waals surface area contributed by atoms with E-state index in [1.807, 2.05) is 25.1 Å². The van der Waals surface area contributed by atoms with Crippen molar-refractivity contribution in [3.63, 3.8) is 0 Å². The number of nitrogens with zero attached hydrogens (tertiary/aromatic N) is 2. The van der Waals surface area contributed by atoms with E-state index in [2.05, 4.69) is 12.0 Å². The van der Waals surface area contributed by atoms with Gasteiger partial charge < -0.3 is 5.73 Å². The molecule has 1 aromatic carbocycles. The maximum absolute atomic E-state index is 11.4. The number of hydrogen-bond donors (Lipinski definition) is 1. The average molecular weight is 229 g/mol. The highest BCUT2D eigenvalue weighted by molar-refractivity contribution is 5.63. The monoisotopic (exact) mass is 229 g/mol. The fraction of sp³-hybridized carbons (Fsp3) is 0.231. The zero-order chi connectivity index (χ0) is 12.6. The minimum absolute atomic E-state index is 0.218. The van der Waals surface area contributed by atoms with E-state index in [0.717, 1.165) is 5.56 Å². The molecule has 0 aliphatic rings. The lowest BCUT2D eigenvalue weighted by Gasteiger charge is -2.07. The second-order valence-electron chi connectivity index (χ2n) is 4.21. The van der Waals surface area contributed by atoms with Crippen LogP contribution >= 0.6 is 0 Å². The van der Waals surface area contributed by atoms with Gasteiger partial charge in [0.1, 0.15) is 5.69 Å². The molecule has 0 saturated carbocycles. The summed E-state index contributed by atoms with van der Waals surface area (Å²) in [4.78, 5) is 11.4. The van der Waals surface area contributed by atoms with E-state index < -0.39 is 0 Å². The van der Waals surface area contributed by atoms with E-state index >= 15 is 0 Å². The minimum Gasteiger partial charge on any atom is -0.394 e. The second kappa shape index (κ2) is 4.05. The van der Waals surface area contributed by atoms with Crippen LogP contribution in [-0.2, 0) is 7.05 Å². The van der Waals surface area contributed by atoms with Gasteiger partial charge in [0.25, 0.3) is 5.56 Å². The van der Waals surface area contributed by atoms with Gasteiger partial charge in [0, 0.05) is 12.6 Å². The molecule has 4 heteroatoms. The molecule has 0 radical (unpaired) electrons. The average Bonchev–Trinajstić information content (AvgIpc) is 2.29. The first kappa shape index (κ1) is 11.4. The van der Waals surface area contributed by atoms with Crippen molar-refractivity contribution in [3.8, 4) is 11.3 Å². The molecule has 0 amide bonds. The van der Waals surface area contributed by atoms with Gasteiger partial charge in [-0.15, -0.1) is 0 Å². The molecule has 1 heterocycles. The molecule has 2 rings (SSSR count). The standard InChI is InChI=1S/C13H15N3O/c1-8-4-5-10(6-9(8)2)12-7-11(14)13(17)16(3)15-12/h4-7H,14H2,1-3H3. The van der Waals surface area contributed by atoms with Gasteiger partial charge >= 0.3 is 0 Å². The molecule has 2 N–H and O–H groups in total. The summed E-state index contributed by atoms with van der Waals surface area (Å²) >= 11 is 0. The van der Waals surface area contributed by atoms with Crippen molar-refractivity contribution in [2.75, 3.05) is 5.73 Å². The first-order valence-corrected chi connectivity index (χ1v) is 5.40. The number of hydrogen-bond acceptors (Lipinski definition) is 3. The van der Waals surface area contributed by atoms with Crippen LogP contribution in [-0.4, -0.2) is 9.78 Å². The predicted molar refractivity (Wildman–Crippen MR) is 68.8 cm³/mol. The minimum atomic E-state index is -0.266. The number of anilines is 1. The van der Waals surface area contributed by atoms with Gasteiger partial charge in [0.2, 0.25) is 0 Å². The van der Waals surface area contributed by atoms with E-state index in [1.165, 1.54) is 15.8 Å². The second-order valence-corrected chi connectivity index (χ2v) is 4.21. The Hall–Kier alpha value is -2.10. The molecule has 1 aromatic heterocycles. The van der Waals surface area contributed by atoms with E-state index in [1.54, 1.807) is 13.1 Å². The molecule has 0 bridgehead atoms. The van der Waals surface area contributed by atoms with E-state index in [-0.39, 0.29) is 11.2 Å². The molecule has 0 fully saturated rings. The van der Waals surface area contributed by atoms with Crippen LogP contribution in [0.25, 0.3) is 11.3 Å². The van der Waals surface area contributed by atoms with Crippen LogP contribution in [0.3, 0.4) is 0 Å². The Morgan fingerprint density at radius 2 is 1.88 bits per heavy atom. The summed E-state index contributed by atoms with van der Waals surface area (Å²) in [5.41, 5.74) is 9.71. The topological polar surface area (TPSA) is 60.9 Å². The third kappa shape index (κ3) is 2.06. The zero-order valence-electron chi connectivity index (χ0n) is 10.2. The molecule has 0 unspecified atom stereocenters. The smallest absolute Gasteiger partial charge is 0.289 e. The molecule has 4 nitrogen and oxygen atoms in total. The Kier molecular flexibility index (Phi) is 2.71. The van der Waals surface area contributed by atoms with Gasteiger partial charge in [0.15, 0.2) is 0 Å². The maximum Gasteiger partial charge on any atom is 0.289 e. The molecule has 0 spiro atoms. The van der Waals surface area contributed by atoms with Crippen LogP contribution in [0.15, 0.2) is 29.1 Å². The zero-order valence-corrected chi connectivity index (χ0v) is 10.2. The van der Waals surface area contributed by atoms with Crippen molar-refractivity contribution in [2.24, 2.45) is 7.05 Å². The molecule has 88 valence electrons. The third-order valence-electron chi connectivity index (χ3n) is 2.89. The molecular formula is C13H15N3O. The summed E-state index contributed by atoms with van der Waals surface area (Å²) < 4.78 is 1.26. The Labute approximate surface area is 99.7 Å². The summed E-state index contributed by atoms with van der Waals surface area (Å²) in [5.74, 6) is 0. The number of rotatable bonds is 1. The molecule has 0 saturated heterocycles. The number of aryl methyl sites for hydroxylation is 3. The highest BCUT2D eigenvalue weighted by atomic mass is 16.1. The van der Waals surface area contributed by atoms with Gasteiger partial charge in [-0.1, -0.05) is 12.1 Å². The van der Waals surface area contributed by atoms with Crippen molar-refractivity contribution < 1.29 is 0 Å². The number of benzene rings is 1. The Morgan fingerprint density at radius 1 is 1.18 bits per heavy atom. The summed E-state index contributed by atoms with van der Waals surface area (Å²) in [5, 5.41) is 4.20. The van der Waals surface area contributed by atoms with Crippen molar-refractivity contribution >= 4 is 5.69 Å². The van der Waals surface area contributed by atoms with E-state index in [9.17, 15) is 4.79 Å². The summed E-state index contributed by atoms with van der Waals surface area (Å²) in [6.45, 7) is 4.10. The van der Waals surface area contributed by atoms with Crippen molar-refractivity contribution in [1.82, 2.24) is 9.78 Å². The van der Waals surface area contributed by atoms with E-state index in [4.69, 9.17) is 5.73 Å². The first-order chi connectivity index (χ1) is 7.99. The normalized spacial score (nSPS) is 10.5. The van der Waals surface area contributed by atoms with Crippen LogP contribution < -0.4 is 11.3 Å². The molecule has 2 aromatic rings. The van der Waals surface area contributed by atoms with Crippen LogP contribution in [0.5, 0.6) is 0 Å². The quantitative estimate of drug-likeness (QED) is 0.808. The van der Waals surface area contributed by atoms with Gasteiger partial charge in [-0.2, -0.15) is 5.10 Å². The predicted octanol–water partition coefficient (Wildman–Crippen LogP) is 1.65. The lowest BCUT2D eigenvalue weighted by Crippen LogP contribution is -2.22. The van der Waals surface area contributed by atoms with Gasteiger partial charge in [-0.3, -0.25) is 4.79 Å². The number of aromatic nitrogens is 2. The summed E-state index contributed by atoms with van der Waals surface area (Å²) in [6.07, 6.45) is 0. The Bertz CT molecular complexity index is 603. The molecule has 17 heavy (non-hydrogen) atoms. The third-order valence-corrected chi connectivity index (χ3v) is 2.89. The fourth-order valence-electron chi connectivity index (χ4n) is 1.67. The van der Waals surface area contributed by atoms with Crippen LogP contribution in [0, 0.1) is 13.8 Å². The van der Waals surface area contributed by atoms with Crippen LogP contribution in [0.1, 0.15) is 11.1 Å². The van der Waals surface area contributed by atoms with Crippen LogP contribution in [0.4, 0.5) is 5.69 Å². The number of nitrogen functional groups attached to an aromatic ring is 1. The van der Waals surface area contributed by atoms with Crippen LogP contribution in [0.2, 0.25) is 0 Å². The molecule has 0 atom stereocenters. The summed E-state index contributed by atoms with van der Waals surface area (Å²) in [7, 11) is 1.60. The van der Waals surface area contributed by atoms with Gasteiger partial charge in [0.05, 0.1) is 5.69 Å². The number of nitrogens with two attached hydrogens (primary N) is 1. The lowest BCUT2D eigenvalue weighted by atomic mass is 10.0. The Morgan fingerprint density at radius 3 is 2.47 bits per heavy atom. The lowest BCUT2D eigenvalue weighted by molar-refractivity contribution is 0.715. The molecule has 0 aliphatic heterocycles. The largest absolute Gasteiger partial charge is 0.394 e. The van der Waals surface area contributed by atoms with Gasteiger partial charge in [-0.25, -0.2) is 4.68 Å². The molecule has 0 aliphatic carbocycles. The van der Waals surface area contributed by atoms with Crippen molar-refractivity contribution in [2.45, 2.75) is 13.8 Å². The summed E-state index contributed by atoms with van der Waals surface area (Å²) in [6, 6.07) is 7.68. The van der Waals surface area contributed by atoms with Gasteiger partial charge in [-0.05, 0) is 37.1 Å². The maximum atomic E-state index is 11.4. The highest BCUT2D eigenvalue weighted by Gasteiger charge is 2.06. The van der Waals surface area contributed by atoms with E-state index in [0.29, 0.717) is 5.69 Å². The molecular weight excluding hydrogens is 214 g/mol. The SMILES string of the molecule is Cc1ccc(-c2cc(N)c(=O)n(C)n2)cc1C. The first-order valence-electron chi connectivity index (χ1n) is 5.40. The Balaban J connectivity index is 2.61. The van der Waals surface area contributed by atoms with Crippen molar-refractivity contribution in [3.05, 3.63) is 45.7 Å². The highest BCUT2D eigenvalue weighted by Crippen LogP contribution is 2.20. The fourth-order valence-corrected chi connectivity index (χ4v) is 1.67.